The lowest BCUT2D eigenvalue weighted by molar-refractivity contribution is -0.128. The topological polar surface area (TPSA) is 165 Å². The van der Waals surface area contributed by atoms with Crippen molar-refractivity contribution >= 4 is 28.2 Å². The van der Waals surface area contributed by atoms with Gasteiger partial charge in [0.25, 0.3) is 0 Å². The molecule has 14 heteroatoms. The zero-order valence-electron chi connectivity index (χ0n) is 31.5. The van der Waals surface area contributed by atoms with Crippen LogP contribution in [-0.4, -0.2) is 107 Å². The number of nitrogens with zero attached hydrogens (tertiary/aromatic N) is 5. The van der Waals surface area contributed by atoms with Crippen molar-refractivity contribution in [2.24, 2.45) is 17.0 Å². The molecule has 2 heterocycles. The number of hydrogen-bond acceptors (Lipinski definition) is 9. The van der Waals surface area contributed by atoms with Crippen LogP contribution < -0.4 is 5.32 Å². The monoisotopic (exact) mass is 762 g/mol. The van der Waals surface area contributed by atoms with Crippen LogP contribution in [0.15, 0.2) is 82.8 Å². The summed E-state index contributed by atoms with van der Waals surface area (Å²) in [6, 6.07) is 19.1. The van der Waals surface area contributed by atoms with Crippen LogP contribution in [0.4, 0.5) is 4.79 Å². The number of aliphatic hydroxyl groups excluding tert-OH is 1. The molecule has 3 N–H and O–H groups in total. The van der Waals surface area contributed by atoms with E-state index in [2.05, 4.69) is 15.5 Å². The highest BCUT2D eigenvalue weighted by Crippen LogP contribution is 2.29. The molecule has 2 aliphatic rings. The van der Waals surface area contributed by atoms with Gasteiger partial charge in [-0.05, 0) is 66.5 Å². The second-order valence-electron chi connectivity index (χ2n) is 14.4. The first kappa shape index (κ1) is 40.8. The number of aromatic nitrogens is 1. The van der Waals surface area contributed by atoms with E-state index in [1.165, 1.54) is 22.7 Å². The van der Waals surface area contributed by atoms with Gasteiger partial charge in [-0.15, -0.1) is 0 Å². The summed E-state index contributed by atoms with van der Waals surface area (Å²) in [6.45, 7) is 5.33. The normalized spacial score (nSPS) is 17.7. The van der Waals surface area contributed by atoms with E-state index in [0.717, 1.165) is 42.6 Å². The first-order valence-electron chi connectivity index (χ1n) is 18.8. The average molecular weight is 763 g/mol. The predicted octanol–water partition coefficient (Wildman–Crippen LogP) is 4.66. The molecule has 0 spiro atoms. The minimum atomic E-state index is -4.06. The van der Waals surface area contributed by atoms with E-state index in [-0.39, 0.29) is 42.3 Å². The van der Waals surface area contributed by atoms with Gasteiger partial charge in [-0.25, -0.2) is 13.2 Å². The van der Waals surface area contributed by atoms with Gasteiger partial charge in [0.15, 0.2) is 0 Å². The Morgan fingerprint density at radius 3 is 2.43 bits per heavy atom. The number of nitrogens with one attached hydrogen (secondary N) is 1. The van der Waals surface area contributed by atoms with Gasteiger partial charge in [0.05, 0.1) is 47.8 Å². The Bertz CT molecular complexity index is 1800. The Hall–Kier alpha value is -4.37. The summed E-state index contributed by atoms with van der Waals surface area (Å²) in [4.78, 5) is 36.3. The van der Waals surface area contributed by atoms with Crippen molar-refractivity contribution in [3.63, 3.8) is 0 Å². The zero-order chi connectivity index (χ0) is 38.7. The Morgan fingerprint density at radius 1 is 1.06 bits per heavy atom. The highest BCUT2D eigenvalue weighted by atomic mass is 32.2. The van der Waals surface area contributed by atoms with Crippen molar-refractivity contribution in [1.29, 1.82) is 0 Å². The van der Waals surface area contributed by atoms with Crippen LogP contribution in [0.25, 0.3) is 0 Å². The fraction of sp³-hybridized carbons (Fsp3) is 0.500. The van der Waals surface area contributed by atoms with Crippen molar-refractivity contribution in [3.8, 4) is 0 Å². The average Bonchev–Trinajstić information content (AvgIpc) is 3.81. The van der Waals surface area contributed by atoms with Crippen LogP contribution in [0.3, 0.4) is 0 Å². The molecule has 292 valence electrons. The maximum absolute atomic E-state index is 14.4. The minimum Gasteiger partial charge on any atom is -0.411 e. The number of rotatable bonds is 19. The largest absolute Gasteiger partial charge is 0.411 e. The Morgan fingerprint density at radius 2 is 1.76 bits per heavy atom. The van der Waals surface area contributed by atoms with Gasteiger partial charge in [0.1, 0.15) is 6.04 Å². The van der Waals surface area contributed by atoms with Crippen molar-refractivity contribution < 1.29 is 33.1 Å². The number of ether oxygens (including phenoxy) is 1. The van der Waals surface area contributed by atoms with Crippen LogP contribution in [0.5, 0.6) is 0 Å². The van der Waals surface area contributed by atoms with Gasteiger partial charge in [-0.1, -0.05) is 86.8 Å². The molecule has 1 aliphatic heterocycles. The van der Waals surface area contributed by atoms with Crippen LogP contribution >= 0.6 is 0 Å². The molecular formula is C40H54N6O7S. The van der Waals surface area contributed by atoms with Gasteiger partial charge in [-0.3, -0.25) is 9.78 Å². The molecule has 54 heavy (non-hydrogen) atoms. The first-order chi connectivity index (χ1) is 26.0. The maximum Gasteiger partial charge on any atom is 0.321 e. The summed E-state index contributed by atoms with van der Waals surface area (Å²) >= 11 is 0. The van der Waals surface area contributed by atoms with Gasteiger partial charge < -0.3 is 30.2 Å². The number of aliphatic hydroxyl groups is 1. The second kappa shape index (κ2) is 19.3. The predicted molar refractivity (Wildman–Crippen MR) is 205 cm³/mol. The number of oxime groups is 1. The fourth-order valence-electron chi connectivity index (χ4n) is 7.43. The number of hydrogen-bond donors (Lipinski definition) is 3. The van der Waals surface area contributed by atoms with Gasteiger partial charge in [-0.2, -0.15) is 4.31 Å². The van der Waals surface area contributed by atoms with Crippen molar-refractivity contribution in [2.75, 3.05) is 33.3 Å². The van der Waals surface area contributed by atoms with Gasteiger partial charge in [0, 0.05) is 33.3 Å². The lowest BCUT2D eigenvalue weighted by Gasteiger charge is -2.35. The Kier molecular flexibility index (Phi) is 14.6. The van der Waals surface area contributed by atoms with E-state index in [4.69, 9.17) is 9.94 Å². The van der Waals surface area contributed by atoms with Crippen LogP contribution in [0.2, 0.25) is 0 Å². The molecule has 1 saturated carbocycles. The molecule has 0 bridgehead atoms. The second-order valence-corrected chi connectivity index (χ2v) is 16.4. The summed E-state index contributed by atoms with van der Waals surface area (Å²) in [6.07, 6.45) is 4.63. The molecule has 0 radical (unpaired) electrons. The molecule has 13 nitrogen and oxygen atoms in total. The molecular weight excluding hydrogens is 709 g/mol. The third kappa shape index (κ3) is 10.4. The number of benzene rings is 2. The fourth-order valence-corrected chi connectivity index (χ4v) is 8.96. The van der Waals surface area contributed by atoms with Crippen molar-refractivity contribution in [2.45, 2.75) is 88.6 Å². The summed E-state index contributed by atoms with van der Waals surface area (Å²) in [5.41, 5.74) is 2.88. The zero-order valence-corrected chi connectivity index (χ0v) is 32.3. The van der Waals surface area contributed by atoms with E-state index in [1.807, 2.05) is 62.4 Å². The number of carbonyl (C=O) groups excluding carboxylic acids is 2. The Balaban J connectivity index is 1.38. The third-order valence-electron chi connectivity index (χ3n) is 10.6. The molecule has 1 aliphatic carbocycles. The molecule has 1 saturated heterocycles. The first-order valence-corrected chi connectivity index (χ1v) is 20.3. The number of urea groups is 1. The quantitative estimate of drug-likeness (QED) is 0.0902. The molecule has 3 amide bonds. The lowest BCUT2D eigenvalue weighted by atomic mass is 9.95. The molecule has 2 aromatic carbocycles. The standard InChI is InChI=1S/C40H54N6O7S/c1-4-29(2)38(46-22-21-44(40(46)49)26-33-15-10-16-34(42-33)28-53-3)39(48)43-36(23-30-11-6-5-7-12-30)37(47)27-45(25-32-13-8-9-14-32)54(51,52)35-19-17-31(18-20-35)24-41-50/h5-7,10-12,15-20,24,29,32,36-38,47,50H,4,8-9,13-14,21-23,25-28H2,1-3H3,(H,43,48)/b41-24+/t29?,36-,37+,38-/m0/s1. The smallest absolute Gasteiger partial charge is 0.321 e. The summed E-state index contributed by atoms with van der Waals surface area (Å²) in [5, 5.41) is 27.0. The number of sulfonamides is 1. The number of carbonyl (C=O) groups is 2. The highest BCUT2D eigenvalue weighted by Gasteiger charge is 2.41. The van der Waals surface area contributed by atoms with E-state index in [0.29, 0.717) is 38.2 Å². The van der Waals surface area contributed by atoms with Crippen molar-refractivity contribution in [1.82, 2.24) is 24.4 Å². The Labute approximate surface area is 319 Å². The molecule has 4 atom stereocenters. The number of pyridine rings is 1. The summed E-state index contributed by atoms with van der Waals surface area (Å²) < 4.78 is 34.9. The number of methoxy groups -OCH3 is 1. The summed E-state index contributed by atoms with van der Waals surface area (Å²) in [5.74, 6) is -0.456. The third-order valence-corrected chi connectivity index (χ3v) is 12.4. The molecule has 5 rings (SSSR count). The molecule has 1 aromatic heterocycles. The maximum atomic E-state index is 14.4. The van der Waals surface area contributed by atoms with Gasteiger partial charge >= 0.3 is 6.03 Å². The van der Waals surface area contributed by atoms with E-state index in [1.54, 1.807) is 29.0 Å². The van der Waals surface area contributed by atoms with E-state index in [9.17, 15) is 23.1 Å². The van der Waals surface area contributed by atoms with Crippen molar-refractivity contribution in [3.05, 3.63) is 95.3 Å². The number of amides is 3. The summed E-state index contributed by atoms with van der Waals surface area (Å²) in [7, 11) is -2.46. The van der Waals surface area contributed by atoms with Crippen LogP contribution in [0.1, 0.15) is 68.5 Å². The molecule has 3 aromatic rings. The highest BCUT2D eigenvalue weighted by molar-refractivity contribution is 7.89. The molecule has 1 unspecified atom stereocenters. The van der Waals surface area contributed by atoms with Gasteiger partial charge in [0.2, 0.25) is 15.9 Å². The van der Waals surface area contributed by atoms with Crippen LogP contribution in [0, 0.1) is 11.8 Å². The van der Waals surface area contributed by atoms with Crippen LogP contribution in [-0.2, 0) is 39.1 Å². The lowest BCUT2D eigenvalue weighted by Crippen LogP contribution is -2.57. The minimum absolute atomic E-state index is 0.0565. The van der Waals surface area contributed by atoms with E-state index < -0.39 is 34.1 Å². The van der Waals surface area contributed by atoms with E-state index >= 15 is 0 Å². The SMILES string of the molecule is CCC(C)[C@@H](C(=O)N[C@@H](Cc1ccccc1)[C@H](O)CN(CC1CCCC1)S(=O)(=O)c1ccc(/C=N/O)cc1)N1CCN(Cc2cccc(COC)n2)C1=O. The molecule has 2 fully saturated rings.